The molecule has 0 aliphatic carbocycles. The molecular weight excluding hydrogens is 342 g/mol. The molecule has 1 amide bonds. The normalized spacial score (nSPS) is 11.9. The van der Waals surface area contributed by atoms with Gasteiger partial charge in [-0.3, -0.25) is 9.59 Å². The van der Waals surface area contributed by atoms with Crippen LogP contribution < -0.4 is 5.32 Å². The van der Waals surface area contributed by atoms with Gasteiger partial charge in [0.1, 0.15) is 0 Å². The van der Waals surface area contributed by atoms with Gasteiger partial charge in [-0.25, -0.2) is 0 Å². The predicted octanol–water partition coefficient (Wildman–Crippen LogP) is 3.16. The van der Waals surface area contributed by atoms with Gasteiger partial charge in [0, 0.05) is 22.3 Å². The van der Waals surface area contributed by atoms with Crippen LogP contribution in [-0.2, 0) is 9.59 Å². The largest absolute Gasteiger partial charge is 0.481 e. The number of carbonyl (C=O) groups is 2. The van der Waals surface area contributed by atoms with E-state index in [1.807, 2.05) is 31.2 Å². The molecule has 0 aromatic heterocycles. The number of rotatable bonds is 8. The zero-order valence-corrected chi connectivity index (χ0v) is 13.7. The number of carboxylic acid groups (broad SMARTS) is 1. The lowest BCUT2D eigenvalue weighted by Crippen LogP contribution is -2.31. The fourth-order valence-electron chi connectivity index (χ4n) is 1.60. The van der Waals surface area contributed by atoms with Crippen LogP contribution in [0.4, 0.5) is 0 Å². The van der Waals surface area contributed by atoms with Crippen molar-refractivity contribution in [2.24, 2.45) is 5.92 Å². The molecule has 1 atom stereocenters. The van der Waals surface area contributed by atoms with E-state index in [0.29, 0.717) is 12.3 Å². The van der Waals surface area contributed by atoms with E-state index in [-0.39, 0.29) is 18.2 Å². The molecule has 1 aromatic rings. The van der Waals surface area contributed by atoms with Crippen molar-refractivity contribution in [2.45, 2.75) is 24.7 Å². The van der Waals surface area contributed by atoms with Crippen molar-refractivity contribution >= 4 is 39.6 Å². The Bertz CT molecular complexity index is 450. The summed E-state index contributed by atoms with van der Waals surface area (Å²) in [5.74, 6) is -0.559. The zero-order chi connectivity index (χ0) is 15.0. The predicted molar refractivity (Wildman–Crippen MR) is 83.9 cm³/mol. The third-order valence-corrected chi connectivity index (χ3v) is 4.35. The Morgan fingerprint density at radius 2 is 2.00 bits per heavy atom. The number of aliphatic carboxylic acids is 1. The van der Waals surface area contributed by atoms with E-state index in [0.717, 1.165) is 15.8 Å². The number of hydrogen-bond acceptors (Lipinski definition) is 3. The second-order valence-electron chi connectivity index (χ2n) is 4.42. The van der Waals surface area contributed by atoms with Gasteiger partial charge >= 0.3 is 5.97 Å². The molecule has 20 heavy (non-hydrogen) atoms. The molecule has 0 saturated carbocycles. The van der Waals surface area contributed by atoms with Gasteiger partial charge in [-0.2, -0.15) is 0 Å². The first kappa shape index (κ1) is 17.0. The Balaban J connectivity index is 2.29. The molecule has 1 aromatic carbocycles. The maximum atomic E-state index is 11.7. The molecule has 0 heterocycles. The summed E-state index contributed by atoms with van der Waals surface area (Å²) in [5, 5.41) is 11.5. The van der Waals surface area contributed by atoms with Gasteiger partial charge < -0.3 is 10.4 Å². The van der Waals surface area contributed by atoms with E-state index >= 15 is 0 Å². The lowest BCUT2D eigenvalue weighted by atomic mass is 10.0. The van der Waals surface area contributed by atoms with Crippen LogP contribution in [0.3, 0.4) is 0 Å². The van der Waals surface area contributed by atoms with Crippen molar-refractivity contribution in [2.75, 3.05) is 12.3 Å². The van der Waals surface area contributed by atoms with Crippen LogP contribution in [0.25, 0.3) is 0 Å². The van der Waals surface area contributed by atoms with Crippen molar-refractivity contribution in [3.8, 4) is 0 Å². The van der Waals surface area contributed by atoms with Gasteiger partial charge in [-0.15, -0.1) is 11.8 Å². The van der Waals surface area contributed by atoms with Crippen LogP contribution in [0.5, 0.6) is 0 Å². The second-order valence-corrected chi connectivity index (χ2v) is 6.38. The Labute approximate surface area is 131 Å². The first-order chi connectivity index (χ1) is 9.51. The highest BCUT2D eigenvalue weighted by atomic mass is 79.9. The zero-order valence-electron chi connectivity index (χ0n) is 11.3. The third kappa shape index (κ3) is 6.96. The molecule has 1 rings (SSSR count). The summed E-state index contributed by atoms with van der Waals surface area (Å²) in [6.45, 7) is 2.35. The van der Waals surface area contributed by atoms with E-state index < -0.39 is 5.97 Å². The number of carboxylic acids is 1. The maximum Gasteiger partial charge on any atom is 0.303 e. The highest BCUT2D eigenvalue weighted by molar-refractivity contribution is 9.10. The Morgan fingerprint density at radius 3 is 2.55 bits per heavy atom. The fraction of sp³-hybridized carbons (Fsp3) is 0.429. The highest BCUT2D eigenvalue weighted by Gasteiger charge is 2.12. The third-order valence-electron chi connectivity index (χ3n) is 2.81. The van der Waals surface area contributed by atoms with Gasteiger partial charge in [0.05, 0.1) is 5.75 Å². The van der Waals surface area contributed by atoms with E-state index in [1.54, 1.807) is 0 Å². The first-order valence-corrected chi connectivity index (χ1v) is 8.16. The number of thioether (sulfide) groups is 1. The van der Waals surface area contributed by atoms with Crippen molar-refractivity contribution in [3.05, 3.63) is 28.7 Å². The maximum absolute atomic E-state index is 11.7. The van der Waals surface area contributed by atoms with Gasteiger partial charge in [0.25, 0.3) is 0 Å². The van der Waals surface area contributed by atoms with Crippen LogP contribution >= 0.6 is 27.7 Å². The standard InChI is InChI=1S/C14H18BrNO3S/c1-2-10(7-14(18)19)8-16-13(17)9-20-12-5-3-11(15)4-6-12/h3-6,10H,2,7-9H2,1H3,(H,16,17)(H,18,19). The molecule has 1 unspecified atom stereocenters. The Hall–Kier alpha value is -1.01. The summed E-state index contributed by atoms with van der Waals surface area (Å²) in [6, 6.07) is 7.75. The fourth-order valence-corrected chi connectivity index (χ4v) is 2.59. The average Bonchev–Trinajstić information content (AvgIpc) is 2.42. The molecule has 0 fully saturated rings. The van der Waals surface area contributed by atoms with Crippen LogP contribution in [0.15, 0.2) is 33.6 Å². The average molecular weight is 360 g/mol. The summed E-state index contributed by atoms with van der Waals surface area (Å²) in [5.41, 5.74) is 0. The molecule has 0 spiro atoms. The first-order valence-electron chi connectivity index (χ1n) is 6.38. The Kier molecular flexibility index (Phi) is 7.69. The molecular formula is C14H18BrNO3S. The number of carbonyl (C=O) groups excluding carboxylic acids is 1. The van der Waals surface area contributed by atoms with E-state index in [2.05, 4.69) is 21.2 Å². The minimum absolute atomic E-state index is 0.00543. The number of nitrogens with one attached hydrogen (secondary N) is 1. The molecule has 110 valence electrons. The molecule has 0 bridgehead atoms. The minimum Gasteiger partial charge on any atom is -0.481 e. The molecule has 0 radical (unpaired) electrons. The van der Waals surface area contributed by atoms with E-state index in [4.69, 9.17) is 5.11 Å². The number of hydrogen-bond donors (Lipinski definition) is 2. The van der Waals surface area contributed by atoms with Gasteiger partial charge in [-0.1, -0.05) is 29.3 Å². The van der Waals surface area contributed by atoms with Crippen LogP contribution in [0.2, 0.25) is 0 Å². The summed E-state index contributed by atoms with van der Waals surface area (Å²) >= 11 is 4.82. The number of halogens is 1. The highest BCUT2D eigenvalue weighted by Crippen LogP contribution is 2.20. The quantitative estimate of drug-likeness (QED) is 0.699. The molecule has 6 heteroatoms. The van der Waals surface area contributed by atoms with Crippen molar-refractivity contribution in [3.63, 3.8) is 0 Å². The number of benzene rings is 1. The van der Waals surface area contributed by atoms with Crippen molar-refractivity contribution < 1.29 is 14.7 Å². The Morgan fingerprint density at radius 1 is 1.35 bits per heavy atom. The van der Waals surface area contributed by atoms with Crippen LogP contribution in [-0.4, -0.2) is 29.3 Å². The SMILES string of the molecule is CCC(CNC(=O)CSc1ccc(Br)cc1)CC(=O)O. The smallest absolute Gasteiger partial charge is 0.303 e. The molecule has 4 nitrogen and oxygen atoms in total. The number of amides is 1. The van der Waals surface area contributed by atoms with Gasteiger partial charge in [0.2, 0.25) is 5.91 Å². The van der Waals surface area contributed by atoms with Gasteiger partial charge in [-0.05, 0) is 30.2 Å². The van der Waals surface area contributed by atoms with Crippen molar-refractivity contribution in [1.82, 2.24) is 5.32 Å². The van der Waals surface area contributed by atoms with Crippen LogP contribution in [0.1, 0.15) is 19.8 Å². The molecule has 0 aliphatic rings. The van der Waals surface area contributed by atoms with E-state index in [1.165, 1.54) is 11.8 Å². The monoisotopic (exact) mass is 359 g/mol. The molecule has 2 N–H and O–H groups in total. The molecule has 0 saturated heterocycles. The molecule has 0 aliphatic heterocycles. The van der Waals surface area contributed by atoms with Crippen LogP contribution in [0, 0.1) is 5.92 Å². The lowest BCUT2D eigenvalue weighted by Gasteiger charge is -2.13. The summed E-state index contributed by atoms with van der Waals surface area (Å²) in [6.07, 6.45) is 0.836. The summed E-state index contributed by atoms with van der Waals surface area (Å²) in [7, 11) is 0. The van der Waals surface area contributed by atoms with Crippen molar-refractivity contribution in [1.29, 1.82) is 0 Å². The second kappa shape index (κ2) is 9.02. The summed E-state index contributed by atoms with van der Waals surface area (Å²) < 4.78 is 1.01. The van der Waals surface area contributed by atoms with E-state index in [9.17, 15) is 9.59 Å². The topological polar surface area (TPSA) is 66.4 Å². The lowest BCUT2D eigenvalue weighted by molar-refractivity contribution is -0.138. The minimum atomic E-state index is -0.824. The summed E-state index contributed by atoms with van der Waals surface area (Å²) in [4.78, 5) is 23.4. The van der Waals surface area contributed by atoms with Gasteiger partial charge in [0.15, 0.2) is 0 Å².